The number of aryl methyl sites for hydroxylation is 1. The third-order valence-electron chi connectivity index (χ3n) is 4.97. The average molecular weight is 339 g/mol. The highest BCUT2D eigenvalue weighted by molar-refractivity contribution is 5.90. The van der Waals surface area contributed by atoms with Gasteiger partial charge in [-0.25, -0.2) is 4.79 Å². The normalized spacial score (nSPS) is 15.9. The third kappa shape index (κ3) is 4.02. The topological polar surface area (TPSA) is 58.6 Å². The first kappa shape index (κ1) is 17.5. The molecule has 25 heavy (non-hydrogen) atoms. The molecule has 4 heteroatoms. The Balaban J connectivity index is 1.63. The van der Waals surface area contributed by atoms with E-state index < -0.39 is 5.97 Å². The van der Waals surface area contributed by atoms with E-state index in [1.54, 1.807) is 24.3 Å². The van der Waals surface area contributed by atoms with E-state index in [9.17, 15) is 9.90 Å². The van der Waals surface area contributed by atoms with Crippen molar-refractivity contribution < 1.29 is 14.6 Å². The molecule has 0 heterocycles. The molecule has 132 valence electrons. The molecule has 0 atom stereocenters. The zero-order chi connectivity index (χ0) is 17.7. The van der Waals surface area contributed by atoms with E-state index in [1.165, 1.54) is 24.0 Å². The second kappa shape index (κ2) is 7.70. The Hall–Kier alpha value is -2.33. The maximum absolute atomic E-state index is 11.2. The number of para-hydroxylation sites is 1. The fraction of sp³-hybridized carbons (Fsp3) is 0.381. The summed E-state index contributed by atoms with van der Waals surface area (Å²) in [6.07, 6.45) is 4.71. The lowest BCUT2D eigenvalue weighted by Crippen LogP contribution is -2.42. The summed E-state index contributed by atoms with van der Waals surface area (Å²) in [6.45, 7) is 3.25. The van der Waals surface area contributed by atoms with E-state index in [0.717, 1.165) is 12.8 Å². The number of carboxylic acid groups (broad SMARTS) is 1. The molecule has 0 spiro atoms. The molecular weight excluding hydrogens is 314 g/mol. The molecule has 3 rings (SSSR count). The highest BCUT2D eigenvalue weighted by Crippen LogP contribution is 2.38. The molecular formula is C21H25NO3. The lowest BCUT2D eigenvalue weighted by molar-refractivity contribution is 0.0692. The minimum absolute atomic E-state index is 0.0156. The van der Waals surface area contributed by atoms with Gasteiger partial charge in [-0.2, -0.15) is 0 Å². The molecule has 1 aliphatic rings. The zero-order valence-corrected chi connectivity index (χ0v) is 14.6. The molecule has 0 saturated heterocycles. The van der Waals surface area contributed by atoms with Crippen molar-refractivity contribution in [3.63, 3.8) is 0 Å². The number of benzene rings is 2. The molecule has 2 N–H and O–H groups in total. The fourth-order valence-electron chi connectivity index (χ4n) is 3.71. The second-order valence-corrected chi connectivity index (χ2v) is 6.74. The third-order valence-corrected chi connectivity index (χ3v) is 4.97. The van der Waals surface area contributed by atoms with Crippen LogP contribution in [0.15, 0.2) is 48.5 Å². The van der Waals surface area contributed by atoms with Gasteiger partial charge in [0, 0.05) is 12.1 Å². The minimum Gasteiger partial charge on any atom is -0.491 e. The number of carboxylic acids is 1. The van der Waals surface area contributed by atoms with Crippen molar-refractivity contribution in [3.8, 4) is 5.75 Å². The summed E-state index contributed by atoms with van der Waals surface area (Å²) < 4.78 is 5.72. The first-order valence-electron chi connectivity index (χ1n) is 8.88. The molecule has 0 bridgehead atoms. The Morgan fingerprint density at radius 2 is 1.92 bits per heavy atom. The Bertz CT molecular complexity index is 735. The van der Waals surface area contributed by atoms with Gasteiger partial charge in [-0.05, 0) is 37.5 Å². The highest BCUT2D eigenvalue weighted by atomic mass is 16.5. The minimum atomic E-state index is -0.962. The van der Waals surface area contributed by atoms with Crippen LogP contribution >= 0.6 is 0 Å². The van der Waals surface area contributed by atoms with Gasteiger partial charge < -0.3 is 15.2 Å². The van der Waals surface area contributed by atoms with Crippen molar-refractivity contribution >= 4 is 5.97 Å². The Morgan fingerprint density at radius 1 is 1.16 bits per heavy atom. The monoisotopic (exact) mass is 339 g/mol. The first-order valence-corrected chi connectivity index (χ1v) is 8.88. The van der Waals surface area contributed by atoms with Gasteiger partial charge >= 0.3 is 5.97 Å². The average Bonchev–Trinajstić information content (AvgIpc) is 3.09. The molecule has 1 fully saturated rings. The maximum Gasteiger partial charge on any atom is 0.339 e. The predicted octanol–water partition coefficient (Wildman–Crippen LogP) is 4.13. The molecule has 0 unspecified atom stereocenters. The van der Waals surface area contributed by atoms with Crippen LogP contribution in [-0.4, -0.2) is 24.2 Å². The molecule has 1 saturated carbocycles. The zero-order valence-electron chi connectivity index (χ0n) is 14.6. The first-order chi connectivity index (χ1) is 12.1. The van der Waals surface area contributed by atoms with Crippen LogP contribution in [0.1, 0.15) is 47.2 Å². The number of rotatable bonds is 7. The van der Waals surface area contributed by atoms with Crippen molar-refractivity contribution in [2.45, 2.75) is 38.1 Å². The van der Waals surface area contributed by atoms with Crippen LogP contribution in [0.2, 0.25) is 0 Å². The van der Waals surface area contributed by atoms with Crippen molar-refractivity contribution in [2.24, 2.45) is 0 Å². The molecule has 0 radical (unpaired) electrons. The second-order valence-electron chi connectivity index (χ2n) is 6.74. The van der Waals surface area contributed by atoms with Gasteiger partial charge in [0.1, 0.15) is 17.9 Å². The number of aromatic carboxylic acids is 1. The van der Waals surface area contributed by atoms with Crippen LogP contribution in [0.5, 0.6) is 5.75 Å². The maximum atomic E-state index is 11.2. The number of hydrogen-bond donors (Lipinski definition) is 2. The molecule has 2 aromatic rings. The van der Waals surface area contributed by atoms with Gasteiger partial charge in [0.15, 0.2) is 0 Å². The quantitative estimate of drug-likeness (QED) is 0.745. The highest BCUT2D eigenvalue weighted by Gasteiger charge is 2.34. The Kier molecular flexibility index (Phi) is 5.39. The Labute approximate surface area is 148 Å². The standard InChI is InChI=1S/C21H25NO3/c1-16-7-6-8-17(15-16)21(11-4-5-12-21)22-13-14-25-19-10-3-2-9-18(19)20(23)24/h2-3,6-10,15,22H,4-5,11-14H2,1H3,(H,23,24). The van der Waals surface area contributed by atoms with E-state index in [2.05, 4.69) is 36.5 Å². The lowest BCUT2D eigenvalue weighted by Gasteiger charge is -2.31. The van der Waals surface area contributed by atoms with Crippen LogP contribution in [0.4, 0.5) is 0 Å². The summed E-state index contributed by atoms with van der Waals surface area (Å²) >= 11 is 0. The largest absolute Gasteiger partial charge is 0.491 e. The summed E-state index contributed by atoms with van der Waals surface area (Å²) in [6, 6.07) is 15.5. The van der Waals surface area contributed by atoms with Crippen molar-refractivity contribution in [1.82, 2.24) is 5.32 Å². The van der Waals surface area contributed by atoms with Crippen molar-refractivity contribution in [3.05, 3.63) is 65.2 Å². The number of hydrogen-bond acceptors (Lipinski definition) is 3. The predicted molar refractivity (Wildman–Crippen MR) is 98.2 cm³/mol. The van der Waals surface area contributed by atoms with Crippen molar-refractivity contribution in [1.29, 1.82) is 0 Å². The molecule has 0 amide bonds. The summed E-state index contributed by atoms with van der Waals surface area (Å²) in [5.74, 6) is -0.539. The van der Waals surface area contributed by atoms with Gasteiger partial charge in [0.25, 0.3) is 0 Å². The summed E-state index contributed by atoms with van der Waals surface area (Å²) in [5.41, 5.74) is 2.84. The van der Waals surface area contributed by atoms with E-state index >= 15 is 0 Å². The van der Waals surface area contributed by atoms with Crippen molar-refractivity contribution in [2.75, 3.05) is 13.2 Å². The SMILES string of the molecule is Cc1cccc(C2(NCCOc3ccccc3C(=O)O)CCCC2)c1. The van der Waals surface area contributed by atoms with Gasteiger partial charge in [-0.15, -0.1) is 0 Å². The summed E-state index contributed by atoms with van der Waals surface area (Å²) in [7, 11) is 0. The van der Waals surface area contributed by atoms with E-state index in [4.69, 9.17) is 4.74 Å². The number of carbonyl (C=O) groups is 1. The van der Waals surface area contributed by atoms with Gasteiger partial charge in [0.05, 0.1) is 0 Å². The van der Waals surface area contributed by atoms with Crippen LogP contribution < -0.4 is 10.1 Å². The van der Waals surface area contributed by atoms with Gasteiger partial charge in [-0.3, -0.25) is 0 Å². The van der Waals surface area contributed by atoms with Crippen LogP contribution in [0, 0.1) is 6.92 Å². The fourth-order valence-corrected chi connectivity index (χ4v) is 3.71. The van der Waals surface area contributed by atoms with Crippen LogP contribution in [0.25, 0.3) is 0 Å². The molecule has 2 aromatic carbocycles. The Morgan fingerprint density at radius 3 is 2.64 bits per heavy atom. The number of nitrogens with one attached hydrogen (secondary N) is 1. The van der Waals surface area contributed by atoms with Crippen LogP contribution in [-0.2, 0) is 5.54 Å². The molecule has 0 aliphatic heterocycles. The number of ether oxygens (including phenoxy) is 1. The summed E-state index contributed by atoms with van der Waals surface area (Å²) in [4.78, 5) is 11.2. The van der Waals surface area contributed by atoms with E-state index in [-0.39, 0.29) is 11.1 Å². The van der Waals surface area contributed by atoms with E-state index in [0.29, 0.717) is 18.9 Å². The van der Waals surface area contributed by atoms with E-state index in [1.807, 2.05) is 0 Å². The van der Waals surface area contributed by atoms with Gasteiger partial charge in [0.2, 0.25) is 0 Å². The smallest absolute Gasteiger partial charge is 0.339 e. The molecule has 4 nitrogen and oxygen atoms in total. The summed E-state index contributed by atoms with van der Waals surface area (Å²) in [5, 5.41) is 12.9. The molecule has 0 aromatic heterocycles. The lowest BCUT2D eigenvalue weighted by atomic mass is 9.87. The van der Waals surface area contributed by atoms with Crippen LogP contribution in [0.3, 0.4) is 0 Å². The molecule has 1 aliphatic carbocycles. The van der Waals surface area contributed by atoms with Gasteiger partial charge in [-0.1, -0.05) is 54.8 Å².